The van der Waals surface area contributed by atoms with E-state index >= 15 is 0 Å². The van der Waals surface area contributed by atoms with Crippen LogP contribution in [0.3, 0.4) is 0 Å². The van der Waals surface area contributed by atoms with Gasteiger partial charge in [-0.2, -0.15) is 0 Å². The Kier molecular flexibility index (Phi) is 3.20. The lowest BCUT2D eigenvalue weighted by molar-refractivity contribution is -0.0680. The van der Waals surface area contributed by atoms with Gasteiger partial charge < -0.3 is 9.30 Å². The Bertz CT molecular complexity index is 421. The Morgan fingerprint density at radius 1 is 1.39 bits per heavy atom. The number of nitrogens with zero attached hydrogens (tertiary/aromatic N) is 2. The van der Waals surface area contributed by atoms with Crippen LogP contribution >= 0.6 is 0 Å². The summed E-state index contributed by atoms with van der Waals surface area (Å²) in [7, 11) is 0. The number of aromatic nitrogens is 2. The minimum absolute atomic E-state index is 0.158. The zero-order chi connectivity index (χ0) is 12.4. The van der Waals surface area contributed by atoms with Gasteiger partial charge in [-0.1, -0.05) is 19.3 Å². The average molecular weight is 248 g/mol. The van der Waals surface area contributed by atoms with Crippen LogP contribution in [0.1, 0.15) is 55.6 Å². The highest BCUT2D eigenvalue weighted by atomic mass is 16.5. The van der Waals surface area contributed by atoms with Crippen molar-refractivity contribution in [3.8, 4) is 0 Å². The molecule has 1 aromatic heterocycles. The van der Waals surface area contributed by atoms with Crippen molar-refractivity contribution in [2.75, 3.05) is 0 Å². The zero-order valence-corrected chi connectivity index (χ0v) is 10.7. The highest BCUT2D eigenvalue weighted by Gasteiger charge is 2.40. The van der Waals surface area contributed by atoms with Crippen LogP contribution in [0.2, 0.25) is 0 Å². The number of rotatable bonds is 3. The molecule has 0 radical (unpaired) electrons. The van der Waals surface area contributed by atoms with Gasteiger partial charge in [-0.3, -0.25) is 4.79 Å². The van der Waals surface area contributed by atoms with Crippen LogP contribution in [0, 0.1) is 0 Å². The minimum Gasteiger partial charge on any atom is -0.370 e. The Hall–Kier alpha value is -1.16. The van der Waals surface area contributed by atoms with Crippen LogP contribution in [0.25, 0.3) is 0 Å². The van der Waals surface area contributed by atoms with Gasteiger partial charge in [-0.05, 0) is 25.7 Å². The van der Waals surface area contributed by atoms with E-state index < -0.39 is 0 Å². The highest BCUT2D eigenvalue weighted by molar-refractivity contribution is 5.69. The second-order valence-corrected chi connectivity index (χ2v) is 5.58. The maximum atomic E-state index is 10.8. The number of imidazole rings is 1. The van der Waals surface area contributed by atoms with Crippen LogP contribution in [0.15, 0.2) is 12.4 Å². The SMILES string of the molecule is O=Cc1nccn1CC1CCC2(CCCCC2)O1. The topological polar surface area (TPSA) is 44.1 Å². The predicted octanol–water partition coefficient (Wildman–Crippen LogP) is 2.58. The molecule has 3 rings (SSSR count). The van der Waals surface area contributed by atoms with E-state index in [4.69, 9.17) is 4.74 Å². The van der Waals surface area contributed by atoms with E-state index in [2.05, 4.69) is 4.98 Å². The summed E-state index contributed by atoms with van der Waals surface area (Å²) in [6, 6.07) is 0. The van der Waals surface area contributed by atoms with E-state index in [-0.39, 0.29) is 11.7 Å². The summed E-state index contributed by atoms with van der Waals surface area (Å²) < 4.78 is 8.20. The molecule has 1 saturated carbocycles. The average Bonchev–Trinajstić information content (AvgIpc) is 2.99. The van der Waals surface area contributed by atoms with Gasteiger partial charge in [-0.15, -0.1) is 0 Å². The summed E-state index contributed by atoms with van der Waals surface area (Å²) in [5, 5.41) is 0. The third kappa shape index (κ3) is 2.21. The summed E-state index contributed by atoms with van der Waals surface area (Å²) in [5.74, 6) is 0.503. The summed E-state index contributed by atoms with van der Waals surface area (Å²) in [6.45, 7) is 0.760. The number of hydrogen-bond donors (Lipinski definition) is 0. The quantitative estimate of drug-likeness (QED) is 0.772. The van der Waals surface area contributed by atoms with Gasteiger partial charge in [0.15, 0.2) is 12.1 Å². The lowest BCUT2D eigenvalue weighted by Crippen LogP contribution is -2.32. The van der Waals surface area contributed by atoms with Gasteiger partial charge in [0.25, 0.3) is 0 Å². The van der Waals surface area contributed by atoms with E-state index in [1.807, 2.05) is 10.8 Å². The monoisotopic (exact) mass is 248 g/mol. The molecular formula is C14H20N2O2. The molecule has 1 saturated heterocycles. The van der Waals surface area contributed by atoms with Crippen molar-refractivity contribution in [1.82, 2.24) is 9.55 Å². The van der Waals surface area contributed by atoms with Crippen molar-refractivity contribution in [1.29, 1.82) is 0 Å². The first-order chi connectivity index (χ1) is 8.81. The molecule has 1 aliphatic carbocycles. The second-order valence-electron chi connectivity index (χ2n) is 5.58. The van der Waals surface area contributed by atoms with Crippen molar-refractivity contribution in [2.45, 2.75) is 63.2 Å². The van der Waals surface area contributed by atoms with Crippen LogP contribution in [0.5, 0.6) is 0 Å². The van der Waals surface area contributed by atoms with Crippen molar-refractivity contribution in [3.05, 3.63) is 18.2 Å². The Morgan fingerprint density at radius 2 is 2.22 bits per heavy atom. The van der Waals surface area contributed by atoms with E-state index in [0.717, 1.165) is 19.3 Å². The lowest BCUT2D eigenvalue weighted by Gasteiger charge is -2.33. The number of aldehydes is 1. The molecule has 98 valence electrons. The number of hydrogen-bond acceptors (Lipinski definition) is 3. The molecule has 1 spiro atoms. The fourth-order valence-corrected chi connectivity index (χ4v) is 3.40. The molecule has 1 atom stereocenters. The molecule has 2 heterocycles. The smallest absolute Gasteiger partial charge is 0.185 e. The molecule has 0 bridgehead atoms. The summed E-state index contributed by atoms with van der Waals surface area (Å²) in [4.78, 5) is 14.9. The molecule has 0 aromatic carbocycles. The van der Waals surface area contributed by atoms with Crippen LogP contribution in [-0.4, -0.2) is 27.5 Å². The molecule has 2 aliphatic rings. The number of ether oxygens (including phenoxy) is 1. The van der Waals surface area contributed by atoms with E-state index in [0.29, 0.717) is 5.82 Å². The van der Waals surface area contributed by atoms with Gasteiger partial charge in [0.2, 0.25) is 0 Å². The Morgan fingerprint density at radius 3 is 3.00 bits per heavy atom. The van der Waals surface area contributed by atoms with Gasteiger partial charge in [-0.25, -0.2) is 4.98 Å². The van der Waals surface area contributed by atoms with Gasteiger partial charge in [0.05, 0.1) is 18.2 Å². The Balaban J connectivity index is 1.64. The van der Waals surface area contributed by atoms with Crippen LogP contribution in [-0.2, 0) is 11.3 Å². The highest BCUT2D eigenvalue weighted by Crippen LogP contribution is 2.42. The second kappa shape index (κ2) is 4.84. The lowest BCUT2D eigenvalue weighted by atomic mass is 9.83. The molecule has 2 fully saturated rings. The van der Waals surface area contributed by atoms with Gasteiger partial charge in [0.1, 0.15) is 0 Å². The molecule has 18 heavy (non-hydrogen) atoms. The van der Waals surface area contributed by atoms with E-state index in [1.54, 1.807) is 6.20 Å². The fraction of sp³-hybridized carbons (Fsp3) is 0.714. The third-order valence-corrected chi connectivity index (χ3v) is 4.36. The summed E-state index contributed by atoms with van der Waals surface area (Å²) in [6.07, 6.45) is 13.3. The van der Waals surface area contributed by atoms with Crippen molar-refractivity contribution in [2.24, 2.45) is 0 Å². The fourth-order valence-electron chi connectivity index (χ4n) is 3.40. The number of carbonyl (C=O) groups is 1. The molecule has 4 nitrogen and oxygen atoms in total. The largest absolute Gasteiger partial charge is 0.370 e. The summed E-state index contributed by atoms with van der Waals surface area (Å²) >= 11 is 0. The molecular weight excluding hydrogens is 228 g/mol. The normalized spacial score (nSPS) is 26.6. The first kappa shape index (κ1) is 11.9. The van der Waals surface area contributed by atoms with Gasteiger partial charge in [0, 0.05) is 12.4 Å². The Labute approximate surface area is 107 Å². The first-order valence-electron chi connectivity index (χ1n) is 6.95. The van der Waals surface area contributed by atoms with Crippen molar-refractivity contribution < 1.29 is 9.53 Å². The summed E-state index contributed by atoms with van der Waals surface area (Å²) in [5.41, 5.74) is 0.158. The molecule has 0 amide bonds. The minimum atomic E-state index is 0.158. The third-order valence-electron chi connectivity index (χ3n) is 4.36. The first-order valence-corrected chi connectivity index (χ1v) is 6.95. The van der Waals surface area contributed by atoms with E-state index in [1.165, 1.54) is 38.5 Å². The molecule has 0 N–H and O–H groups in total. The van der Waals surface area contributed by atoms with Crippen molar-refractivity contribution >= 4 is 6.29 Å². The van der Waals surface area contributed by atoms with Crippen LogP contribution < -0.4 is 0 Å². The maximum Gasteiger partial charge on any atom is 0.185 e. The zero-order valence-electron chi connectivity index (χ0n) is 10.7. The standard InChI is InChI=1S/C14H20N2O2/c17-11-13-15-8-9-16(13)10-12-4-7-14(18-12)5-2-1-3-6-14/h8-9,11-12H,1-7,10H2. The molecule has 1 unspecified atom stereocenters. The van der Waals surface area contributed by atoms with Gasteiger partial charge >= 0.3 is 0 Å². The van der Waals surface area contributed by atoms with E-state index in [9.17, 15) is 4.79 Å². The maximum absolute atomic E-state index is 10.8. The number of carbonyl (C=O) groups excluding carboxylic acids is 1. The molecule has 1 aromatic rings. The molecule has 1 aliphatic heterocycles. The van der Waals surface area contributed by atoms with Crippen LogP contribution in [0.4, 0.5) is 0 Å². The molecule has 4 heteroatoms. The van der Waals surface area contributed by atoms with Crippen molar-refractivity contribution in [3.63, 3.8) is 0 Å². The predicted molar refractivity (Wildman–Crippen MR) is 67.5 cm³/mol.